The molecule has 1 amide bonds. The molecular weight excluding hydrogens is 444 g/mol. The number of anilines is 1. The summed E-state index contributed by atoms with van der Waals surface area (Å²) in [6, 6.07) is 18.5. The van der Waals surface area contributed by atoms with Crippen molar-refractivity contribution in [1.29, 1.82) is 0 Å². The minimum absolute atomic E-state index is 0.207. The summed E-state index contributed by atoms with van der Waals surface area (Å²) in [4.78, 5) is 13.6. The number of benzene rings is 2. The van der Waals surface area contributed by atoms with Gasteiger partial charge in [0.15, 0.2) is 0 Å². The first-order valence-electron chi connectivity index (χ1n) is 10.5. The van der Waals surface area contributed by atoms with Gasteiger partial charge in [-0.05, 0) is 53.4 Å². The molecule has 0 atom stereocenters. The maximum Gasteiger partial charge on any atom is 0.255 e. The fourth-order valence-electron chi connectivity index (χ4n) is 3.50. The van der Waals surface area contributed by atoms with E-state index < -0.39 is 10.0 Å². The Morgan fingerprint density at radius 1 is 1.03 bits per heavy atom. The number of nitrogens with one attached hydrogen (secondary N) is 1. The van der Waals surface area contributed by atoms with Gasteiger partial charge in [0.25, 0.3) is 15.9 Å². The van der Waals surface area contributed by atoms with Crippen LogP contribution in [0.25, 0.3) is 10.4 Å². The van der Waals surface area contributed by atoms with Crippen molar-refractivity contribution >= 4 is 33.0 Å². The number of ether oxygens (including phenoxy) is 1. The number of sulfonamides is 1. The van der Waals surface area contributed by atoms with E-state index in [0.29, 0.717) is 42.0 Å². The molecule has 1 aliphatic heterocycles. The molecule has 0 unspecified atom stereocenters. The molecule has 4 rings (SSSR count). The summed E-state index contributed by atoms with van der Waals surface area (Å²) in [7, 11) is -3.53. The van der Waals surface area contributed by atoms with Gasteiger partial charge in [-0.1, -0.05) is 38.1 Å². The molecule has 0 bridgehead atoms. The van der Waals surface area contributed by atoms with E-state index in [9.17, 15) is 13.2 Å². The van der Waals surface area contributed by atoms with Crippen LogP contribution in [0.4, 0.5) is 5.69 Å². The molecule has 3 aromatic rings. The zero-order chi connectivity index (χ0) is 22.7. The Kier molecular flexibility index (Phi) is 6.76. The molecule has 1 aromatic heterocycles. The molecule has 8 heteroatoms. The molecule has 0 saturated carbocycles. The number of nitrogens with zero attached hydrogens (tertiary/aromatic N) is 1. The maximum atomic E-state index is 12.9. The summed E-state index contributed by atoms with van der Waals surface area (Å²) in [5.41, 5.74) is 3.27. The first-order valence-corrected chi connectivity index (χ1v) is 12.8. The van der Waals surface area contributed by atoms with Gasteiger partial charge < -0.3 is 10.1 Å². The predicted molar refractivity (Wildman–Crippen MR) is 128 cm³/mol. The predicted octanol–water partition coefficient (Wildman–Crippen LogP) is 4.81. The van der Waals surface area contributed by atoms with Crippen LogP contribution in [-0.4, -0.2) is 44.9 Å². The second kappa shape index (κ2) is 9.54. The van der Waals surface area contributed by atoms with Crippen LogP contribution < -0.4 is 5.32 Å². The van der Waals surface area contributed by atoms with Gasteiger partial charge in [0.2, 0.25) is 0 Å². The number of hydrogen-bond acceptors (Lipinski definition) is 5. The van der Waals surface area contributed by atoms with Crippen molar-refractivity contribution in [1.82, 2.24) is 4.31 Å². The number of rotatable bonds is 6. The number of carbonyl (C=O) groups excluding carboxylic acids is 1. The number of thiophene rings is 1. The zero-order valence-corrected chi connectivity index (χ0v) is 19.7. The van der Waals surface area contributed by atoms with Gasteiger partial charge in [-0.3, -0.25) is 4.79 Å². The molecule has 6 nitrogen and oxygen atoms in total. The van der Waals surface area contributed by atoms with Crippen LogP contribution in [0.3, 0.4) is 0 Å². The molecule has 0 aliphatic carbocycles. The van der Waals surface area contributed by atoms with E-state index in [2.05, 4.69) is 19.2 Å². The Bertz CT molecular complexity index is 1190. The minimum atomic E-state index is -3.53. The van der Waals surface area contributed by atoms with Gasteiger partial charge in [-0.2, -0.15) is 4.31 Å². The molecule has 2 heterocycles. The first kappa shape index (κ1) is 22.7. The number of carbonyl (C=O) groups is 1. The molecule has 1 saturated heterocycles. The highest BCUT2D eigenvalue weighted by Crippen LogP contribution is 2.33. The topological polar surface area (TPSA) is 75.7 Å². The summed E-state index contributed by atoms with van der Waals surface area (Å²) in [5.74, 6) is 0.223. The maximum absolute atomic E-state index is 12.9. The van der Waals surface area contributed by atoms with Crippen LogP contribution >= 0.6 is 11.3 Å². The van der Waals surface area contributed by atoms with Crippen molar-refractivity contribution < 1.29 is 17.9 Å². The third kappa shape index (κ3) is 4.94. The Morgan fingerprint density at radius 2 is 1.75 bits per heavy atom. The Morgan fingerprint density at radius 3 is 2.44 bits per heavy atom. The SMILES string of the molecule is CC(C)c1ccc(NC(=O)c2cccc(-c3ccc(S(=O)(=O)N4CCOCC4)s3)c2)cc1. The zero-order valence-electron chi connectivity index (χ0n) is 18.1. The van der Waals surface area contributed by atoms with E-state index in [4.69, 9.17) is 4.74 Å². The van der Waals surface area contributed by atoms with E-state index in [-0.39, 0.29) is 5.91 Å². The number of morpholine rings is 1. The lowest BCUT2D eigenvalue weighted by atomic mass is 10.0. The van der Waals surface area contributed by atoms with Gasteiger partial charge in [0.05, 0.1) is 13.2 Å². The van der Waals surface area contributed by atoms with Crippen molar-refractivity contribution in [2.75, 3.05) is 31.6 Å². The third-order valence-corrected chi connectivity index (χ3v) is 8.89. The minimum Gasteiger partial charge on any atom is -0.379 e. The molecule has 1 aliphatic rings. The summed E-state index contributed by atoms with van der Waals surface area (Å²) >= 11 is 1.21. The van der Waals surface area contributed by atoms with Gasteiger partial charge >= 0.3 is 0 Å². The van der Waals surface area contributed by atoms with E-state index >= 15 is 0 Å². The van der Waals surface area contributed by atoms with E-state index in [1.807, 2.05) is 36.4 Å². The summed E-state index contributed by atoms with van der Waals surface area (Å²) in [5, 5.41) is 2.93. The smallest absolute Gasteiger partial charge is 0.255 e. The second-order valence-electron chi connectivity index (χ2n) is 7.95. The fraction of sp³-hybridized carbons (Fsp3) is 0.292. The normalized spacial score (nSPS) is 15.1. The fourth-order valence-corrected chi connectivity index (χ4v) is 6.36. The number of hydrogen-bond donors (Lipinski definition) is 1. The van der Waals surface area contributed by atoms with Crippen LogP contribution in [0.1, 0.15) is 35.7 Å². The first-order chi connectivity index (χ1) is 15.3. The standard InChI is InChI=1S/C24H26N2O4S2/c1-17(2)18-6-8-21(9-7-18)25-24(27)20-5-3-4-19(16-20)22-10-11-23(31-22)32(28,29)26-12-14-30-15-13-26/h3-11,16-17H,12-15H2,1-2H3,(H,25,27). The summed E-state index contributed by atoms with van der Waals surface area (Å²) in [6.07, 6.45) is 0. The largest absolute Gasteiger partial charge is 0.379 e. The van der Waals surface area contributed by atoms with Crippen LogP contribution in [0, 0.1) is 0 Å². The van der Waals surface area contributed by atoms with Gasteiger partial charge in [0, 0.05) is 29.2 Å². The van der Waals surface area contributed by atoms with Crippen LogP contribution in [0.2, 0.25) is 0 Å². The molecular formula is C24H26N2O4S2. The van der Waals surface area contributed by atoms with Crippen molar-refractivity contribution in [2.45, 2.75) is 24.0 Å². The van der Waals surface area contributed by atoms with E-state index in [1.165, 1.54) is 21.2 Å². The summed E-state index contributed by atoms with van der Waals surface area (Å²) in [6.45, 7) is 5.80. The molecule has 1 fully saturated rings. The van der Waals surface area contributed by atoms with Crippen molar-refractivity contribution in [3.63, 3.8) is 0 Å². The van der Waals surface area contributed by atoms with E-state index in [0.717, 1.165) is 16.1 Å². The van der Waals surface area contributed by atoms with Gasteiger partial charge in [0.1, 0.15) is 4.21 Å². The van der Waals surface area contributed by atoms with Crippen molar-refractivity contribution in [3.05, 3.63) is 71.8 Å². The molecule has 1 N–H and O–H groups in total. The molecule has 168 valence electrons. The molecule has 0 radical (unpaired) electrons. The van der Waals surface area contributed by atoms with E-state index in [1.54, 1.807) is 24.3 Å². The Hall–Kier alpha value is -2.52. The third-order valence-electron chi connectivity index (χ3n) is 5.39. The molecule has 0 spiro atoms. The average molecular weight is 471 g/mol. The monoisotopic (exact) mass is 470 g/mol. The highest BCUT2D eigenvalue weighted by Gasteiger charge is 2.28. The molecule has 32 heavy (non-hydrogen) atoms. The Labute approximate surface area is 192 Å². The van der Waals surface area contributed by atoms with Gasteiger partial charge in [-0.15, -0.1) is 11.3 Å². The highest BCUT2D eigenvalue weighted by molar-refractivity contribution is 7.91. The van der Waals surface area contributed by atoms with Crippen LogP contribution in [0.15, 0.2) is 64.9 Å². The van der Waals surface area contributed by atoms with Crippen molar-refractivity contribution in [3.8, 4) is 10.4 Å². The lowest BCUT2D eigenvalue weighted by Crippen LogP contribution is -2.40. The van der Waals surface area contributed by atoms with Crippen molar-refractivity contribution in [2.24, 2.45) is 0 Å². The quantitative estimate of drug-likeness (QED) is 0.561. The summed E-state index contributed by atoms with van der Waals surface area (Å²) < 4.78 is 32.8. The van der Waals surface area contributed by atoms with Crippen LogP contribution in [-0.2, 0) is 14.8 Å². The number of amides is 1. The lowest BCUT2D eigenvalue weighted by Gasteiger charge is -2.25. The lowest BCUT2D eigenvalue weighted by molar-refractivity contribution is 0.0731. The molecule has 2 aromatic carbocycles. The average Bonchev–Trinajstić information content (AvgIpc) is 3.31. The van der Waals surface area contributed by atoms with Crippen LogP contribution in [0.5, 0.6) is 0 Å². The second-order valence-corrected chi connectivity index (χ2v) is 11.2. The van der Waals surface area contributed by atoms with Gasteiger partial charge in [-0.25, -0.2) is 8.42 Å². The highest BCUT2D eigenvalue weighted by atomic mass is 32.2. The Balaban J connectivity index is 1.51.